The molecule has 0 saturated heterocycles. The van der Waals surface area contributed by atoms with Crippen molar-refractivity contribution in [3.8, 4) is 0 Å². The van der Waals surface area contributed by atoms with E-state index in [9.17, 15) is 9.90 Å². The van der Waals surface area contributed by atoms with Gasteiger partial charge in [-0.3, -0.25) is 9.89 Å². The third-order valence-corrected chi connectivity index (χ3v) is 2.74. The third kappa shape index (κ3) is 1.62. The van der Waals surface area contributed by atoms with E-state index in [1.54, 1.807) is 0 Å². The average Bonchev–Trinajstić information content (AvgIpc) is 2.75. The first-order chi connectivity index (χ1) is 7.11. The van der Waals surface area contributed by atoms with E-state index >= 15 is 0 Å². The highest BCUT2D eigenvalue weighted by Crippen LogP contribution is 2.27. The van der Waals surface area contributed by atoms with Crippen LogP contribution in [0.3, 0.4) is 0 Å². The zero-order valence-corrected chi connectivity index (χ0v) is 8.10. The first-order valence-electron chi connectivity index (χ1n) is 4.83. The van der Waals surface area contributed by atoms with Gasteiger partial charge in [-0.15, -0.1) is 0 Å². The minimum absolute atomic E-state index is 0.386. The van der Waals surface area contributed by atoms with E-state index in [1.807, 2.05) is 0 Å². The summed E-state index contributed by atoms with van der Waals surface area (Å²) in [5.74, 6) is -1.22. The van der Waals surface area contributed by atoms with Gasteiger partial charge in [-0.2, -0.15) is 5.10 Å². The Labute approximate surface area is 86.1 Å². The van der Waals surface area contributed by atoms with Crippen LogP contribution in [0.5, 0.6) is 0 Å². The summed E-state index contributed by atoms with van der Waals surface area (Å²) >= 11 is 0. The van der Waals surface area contributed by atoms with E-state index in [2.05, 4.69) is 10.2 Å². The topological polar surface area (TPSA) is 112 Å². The number of carboxylic acid groups (broad SMARTS) is 1. The fourth-order valence-electron chi connectivity index (χ4n) is 1.89. The molecule has 0 amide bonds. The molecule has 0 aliphatic heterocycles. The number of nitrogens with one attached hydrogen (secondary N) is 1. The van der Waals surface area contributed by atoms with Crippen molar-refractivity contribution in [2.24, 2.45) is 5.73 Å². The maximum Gasteiger partial charge on any atom is 0.323 e. The van der Waals surface area contributed by atoms with Gasteiger partial charge in [0.25, 0.3) is 0 Å². The number of aromatic amines is 1. The molecule has 5 N–H and O–H groups in total. The predicted octanol–water partition coefficient (Wildman–Crippen LogP) is -0.656. The molecular formula is C9H13N3O3. The minimum atomic E-state index is -1.32. The Morgan fingerprint density at radius 2 is 2.27 bits per heavy atom. The molecule has 6 heteroatoms. The fourth-order valence-corrected chi connectivity index (χ4v) is 1.89. The van der Waals surface area contributed by atoms with Crippen LogP contribution < -0.4 is 5.73 Å². The molecule has 1 aliphatic carbocycles. The summed E-state index contributed by atoms with van der Waals surface area (Å²) in [7, 11) is 0. The summed E-state index contributed by atoms with van der Waals surface area (Å²) < 4.78 is 0. The molecule has 1 aromatic heterocycles. The van der Waals surface area contributed by atoms with Crippen LogP contribution in [-0.4, -0.2) is 32.4 Å². The van der Waals surface area contributed by atoms with E-state index in [0.29, 0.717) is 5.69 Å². The van der Waals surface area contributed by atoms with Gasteiger partial charge in [-0.25, -0.2) is 0 Å². The maximum atomic E-state index is 10.6. The Morgan fingerprint density at radius 1 is 1.53 bits per heavy atom. The zero-order valence-electron chi connectivity index (χ0n) is 8.10. The number of H-pyrrole nitrogens is 1. The Balaban J connectivity index is 2.26. The van der Waals surface area contributed by atoms with Crippen molar-refractivity contribution in [3.05, 3.63) is 17.0 Å². The number of hydrogen-bond acceptors (Lipinski definition) is 4. The normalized spacial score (nSPS) is 18.5. The molecule has 0 aromatic carbocycles. The molecule has 0 saturated carbocycles. The van der Waals surface area contributed by atoms with Crippen molar-refractivity contribution in [1.82, 2.24) is 10.2 Å². The summed E-state index contributed by atoms with van der Waals surface area (Å²) in [5, 5.41) is 25.1. The number of fused-ring (bicyclic) bond motifs is 1. The largest absolute Gasteiger partial charge is 0.480 e. The van der Waals surface area contributed by atoms with Crippen molar-refractivity contribution >= 4 is 5.97 Å². The molecule has 0 fully saturated rings. The van der Waals surface area contributed by atoms with Crippen molar-refractivity contribution in [2.75, 3.05) is 0 Å². The minimum Gasteiger partial charge on any atom is -0.480 e. The Kier molecular flexibility index (Phi) is 2.45. The van der Waals surface area contributed by atoms with Gasteiger partial charge >= 0.3 is 5.97 Å². The lowest BCUT2D eigenvalue weighted by Gasteiger charge is -2.13. The quantitative estimate of drug-likeness (QED) is 0.530. The van der Waals surface area contributed by atoms with E-state index < -0.39 is 18.1 Å². The fraction of sp³-hybridized carbons (Fsp3) is 0.556. The van der Waals surface area contributed by atoms with Crippen LogP contribution in [0.2, 0.25) is 0 Å². The molecule has 2 atom stereocenters. The first-order valence-corrected chi connectivity index (χ1v) is 4.83. The van der Waals surface area contributed by atoms with Crippen molar-refractivity contribution < 1.29 is 15.0 Å². The Morgan fingerprint density at radius 3 is 2.93 bits per heavy atom. The number of aliphatic hydroxyl groups is 1. The van der Waals surface area contributed by atoms with Gasteiger partial charge in [-0.1, -0.05) is 0 Å². The van der Waals surface area contributed by atoms with Gasteiger partial charge in [0.1, 0.15) is 12.1 Å². The number of carbonyl (C=O) groups is 1. The Bertz CT molecular complexity index is 388. The molecule has 0 radical (unpaired) electrons. The highest BCUT2D eigenvalue weighted by molar-refractivity contribution is 5.74. The van der Waals surface area contributed by atoms with Gasteiger partial charge in [0.05, 0.1) is 5.69 Å². The summed E-state index contributed by atoms with van der Waals surface area (Å²) in [6, 6.07) is -1.32. The van der Waals surface area contributed by atoms with Gasteiger partial charge in [0.2, 0.25) is 0 Å². The third-order valence-electron chi connectivity index (χ3n) is 2.74. The second-order valence-electron chi connectivity index (χ2n) is 3.73. The monoisotopic (exact) mass is 211 g/mol. The lowest BCUT2D eigenvalue weighted by atomic mass is 10.0. The molecule has 15 heavy (non-hydrogen) atoms. The molecule has 1 heterocycles. The van der Waals surface area contributed by atoms with Crippen LogP contribution in [0, 0.1) is 0 Å². The standard InChI is InChI=1S/C9H13N3O3/c10-6(9(14)15)8(13)7-4-2-1-3-5(4)11-12-7/h6,8,13H,1-3,10H2,(H,11,12)(H,14,15). The van der Waals surface area contributed by atoms with Crippen LogP contribution in [0.1, 0.15) is 29.5 Å². The SMILES string of the molecule is NC(C(=O)O)C(O)c1n[nH]c2c1CCC2. The van der Waals surface area contributed by atoms with E-state index in [4.69, 9.17) is 10.8 Å². The van der Waals surface area contributed by atoms with E-state index in [1.165, 1.54) is 0 Å². The second-order valence-corrected chi connectivity index (χ2v) is 3.73. The number of carboxylic acids is 1. The van der Waals surface area contributed by atoms with Crippen LogP contribution in [-0.2, 0) is 17.6 Å². The van der Waals surface area contributed by atoms with Gasteiger partial charge in [-0.05, 0) is 24.8 Å². The van der Waals surface area contributed by atoms with Crippen LogP contribution in [0.15, 0.2) is 0 Å². The molecule has 1 aromatic rings. The van der Waals surface area contributed by atoms with Gasteiger partial charge < -0.3 is 15.9 Å². The zero-order chi connectivity index (χ0) is 11.0. The smallest absolute Gasteiger partial charge is 0.323 e. The van der Waals surface area contributed by atoms with Crippen LogP contribution in [0.4, 0.5) is 0 Å². The number of aliphatic carboxylic acids is 1. The molecular weight excluding hydrogens is 198 g/mol. The number of aliphatic hydroxyl groups excluding tert-OH is 1. The van der Waals surface area contributed by atoms with Crippen molar-refractivity contribution in [2.45, 2.75) is 31.4 Å². The lowest BCUT2D eigenvalue weighted by molar-refractivity contribution is -0.141. The molecule has 2 unspecified atom stereocenters. The summed E-state index contributed by atoms with van der Waals surface area (Å²) in [5.41, 5.74) is 7.65. The van der Waals surface area contributed by atoms with Crippen molar-refractivity contribution in [3.63, 3.8) is 0 Å². The van der Waals surface area contributed by atoms with E-state index in [-0.39, 0.29) is 0 Å². The number of hydrogen-bond donors (Lipinski definition) is 4. The van der Waals surface area contributed by atoms with Crippen LogP contribution in [0.25, 0.3) is 0 Å². The number of aromatic nitrogens is 2. The Hall–Kier alpha value is -1.40. The molecule has 82 valence electrons. The molecule has 1 aliphatic rings. The first kappa shape index (κ1) is 10.1. The average molecular weight is 211 g/mol. The maximum absolute atomic E-state index is 10.6. The number of nitrogens with zero attached hydrogens (tertiary/aromatic N) is 1. The molecule has 6 nitrogen and oxygen atoms in total. The number of rotatable bonds is 3. The molecule has 0 spiro atoms. The molecule has 0 bridgehead atoms. The lowest BCUT2D eigenvalue weighted by Crippen LogP contribution is -2.37. The van der Waals surface area contributed by atoms with E-state index in [0.717, 1.165) is 30.5 Å². The van der Waals surface area contributed by atoms with Crippen molar-refractivity contribution in [1.29, 1.82) is 0 Å². The highest BCUT2D eigenvalue weighted by atomic mass is 16.4. The highest BCUT2D eigenvalue weighted by Gasteiger charge is 2.30. The summed E-state index contributed by atoms with van der Waals surface area (Å²) in [6.07, 6.45) is 1.49. The number of aryl methyl sites for hydroxylation is 1. The summed E-state index contributed by atoms with van der Waals surface area (Å²) in [6.45, 7) is 0. The predicted molar refractivity (Wildman–Crippen MR) is 51.2 cm³/mol. The second kappa shape index (κ2) is 3.63. The number of nitrogens with two attached hydrogens (primary N) is 1. The van der Waals surface area contributed by atoms with Gasteiger partial charge in [0.15, 0.2) is 0 Å². The molecule has 2 rings (SSSR count). The van der Waals surface area contributed by atoms with Crippen LogP contribution >= 0.6 is 0 Å². The van der Waals surface area contributed by atoms with Gasteiger partial charge in [0, 0.05) is 5.69 Å². The summed E-state index contributed by atoms with van der Waals surface area (Å²) in [4.78, 5) is 10.6.